The van der Waals surface area contributed by atoms with Crippen molar-refractivity contribution >= 4 is 5.91 Å². The second-order valence-electron chi connectivity index (χ2n) is 9.16. The lowest BCUT2D eigenvalue weighted by molar-refractivity contribution is 0.0303. The highest BCUT2D eigenvalue weighted by molar-refractivity contribution is 5.94. The molecule has 0 spiro atoms. The Morgan fingerprint density at radius 1 is 0.875 bits per heavy atom. The number of morpholine rings is 1. The molecule has 1 aromatic carbocycles. The van der Waals surface area contributed by atoms with E-state index in [2.05, 4.69) is 16.0 Å². The summed E-state index contributed by atoms with van der Waals surface area (Å²) in [4.78, 5) is 21.7. The summed E-state index contributed by atoms with van der Waals surface area (Å²) in [7, 11) is 0. The molecule has 5 rings (SSSR count). The third-order valence-corrected chi connectivity index (χ3v) is 7.10. The number of ether oxygens (including phenoxy) is 2. The molecule has 3 heterocycles. The van der Waals surface area contributed by atoms with Crippen LogP contribution in [0.3, 0.4) is 0 Å². The Balaban J connectivity index is 1.15. The van der Waals surface area contributed by atoms with Crippen molar-refractivity contribution in [2.75, 3.05) is 39.4 Å². The fourth-order valence-electron chi connectivity index (χ4n) is 5.17. The van der Waals surface area contributed by atoms with Crippen molar-refractivity contribution in [3.05, 3.63) is 48.2 Å². The van der Waals surface area contributed by atoms with Crippen LogP contribution in [0.1, 0.15) is 48.9 Å². The van der Waals surface area contributed by atoms with Crippen LogP contribution in [0.5, 0.6) is 5.88 Å². The molecule has 0 N–H and O–H groups in total. The predicted molar refractivity (Wildman–Crippen MR) is 124 cm³/mol. The van der Waals surface area contributed by atoms with Crippen molar-refractivity contribution in [2.45, 2.75) is 50.7 Å². The molecule has 1 aromatic heterocycles. The average Bonchev–Trinajstić information content (AvgIpc) is 3.40. The molecule has 1 amide bonds. The van der Waals surface area contributed by atoms with Gasteiger partial charge in [0.05, 0.1) is 13.2 Å². The van der Waals surface area contributed by atoms with Crippen LogP contribution in [0.25, 0.3) is 11.1 Å². The Labute approximate surface area is 190 Å². The molecule has 6 heteroatoms. The number of carbonyl (C=O) groups excluding carboxylic acids is 1. The summed E-state index contributed by atoms with van der Waals surface area (Å²) in [6, 6.07) is 12.6. The maximum atomic E-state index is 12.6. The van der Waals surface area contributed by atoms with Gasteiger partial charge in [0.1, 0.15) is 6.10 Å². The first-order chi connectivity index (χ1) is 15.8. The quantitative estimate of drug-likeness (QED) is 0.710. The maximum absolute atomic E-state index is 12.6. The molecule has 0 radical (unpaired) electrons. The van der Waals surface area contributed by atoms with Crippen LogP contribution in [-0.2, 0) is 4.74 Å². The highest BCUT2D eigenvalue weighted by Crippen LogP contribution is 2.28. The molecule has 170 valence electrons. The molecular weight excluding hydrogens is 402 g/mol. The van der Waals surface area contributed by atoms with E-state index in [1.807, 2.05) is 41.4 Å². The van der Waals surface area contributed by atoms with Gasteiger partial charge >= 0.3 is 0 Å². The second kappa shape index (κ2) is 10.0. The van der Waals surface area contributed by atoms with Crippen LogP contribution in [0.4, 0.5) is 0 Å². The number of hydrogen-bond donors (Lipinski definition) is 0. The molecule has 2 aliphatic heterocycles. The van der Waals surface area contributed by atoms with E-state index < -0.39 is 0 Å². The first kappa shape index (κ1) is 21.4. The summed E-state index contributed by atoms with van der Waals surface area (Å²) in [5, 5.41) is 0. The van der Waals surface area contributed by atoms with Crippen molar-refractivity contribution < 1.29 is 14.3 Å². The number of nitrogens with zero attached hydrogens (tertiary/aromatic N) is 3. The van der Waals surface area contributed by atoms with Gasteiger partial charge in [0.2, 0.25) is 5.88 Å². The Hall–Kier alpha value is -2.44. The van der Waals surface area contributed by atoms with Gasteiger partial charge in [0.15, 0.2) is 0 Å². The minimum Gasteiger partial charge on any atom is -0.474 e. The third kappa shape index (κ3) is 4.97. The summed E-state index contributed by atoms with van der Waals surface area (Å²) in [5.74, 6) is 0.771. The Morgan fingerprint density at radius 2 is 1.56 bits per heavy atom. The summed E-state index contributed by atoms with van der Waals surface area (Å²) < 4.78 is 11.5. The van der Waals surface area contributed by atoms with Crippen LogP contribution in [-0.4, -0.2) is 72.2 Å². The lowest BCUT2D eigenvalue weighted by atomic mass is 10.0. The van der Waals surface area contributed by atoms with Gasteiger partial charge in [-0.05, 0) is 49.4 Å². The third-order valence-electron chi connectivity index (χ3n) is 7.10. The summed E-state index contributed by atoms with van der Waals surface area (Å²) >= 11 is 0. The summed E-state index contributed by atoms with van der Waals surface area (Å²) in [5.41, 5.74) is 2.79. The molecule has 0 atom stereocenters. The van der Waals surface area contributed by atoms with Crippen LogP contribution in [0.2, 0.25) is 0 Å². The van der Waals surface area contributed by atoms with Gasteiger partial charge in [0, 0.05) is 55.6 Å². The molecule has 1 saturated carbocycles. The van der Waals surface area contributed by atoms with Crippen LogP contribution in [0.15, 0.2) is 42.6 Å². The van der Waals surface area contributed by atoms with E-state index in [1.54, 1.807) is 0 Å². The molecule has 3 aliphatic rings. The Morgan fingerprint density at radius 3 is 2.22 bits per heavy atom. The maximum Gasteiger partial charge on any atom is 0.254 e. The minimum absolute atomic E-state index is 0.0701. The smallest absolute Gasteiger partial charge is 0.254 e. The highest BCUT2D eigenvalue weighted by atomic mass is 16.5. The monoisotopic (exact) mass is 435 g/mol. The van der Waals surface area contributed by atoms with Crippen molar-refractivity contribution in [2.24, 2.45) is 0 Å². The first-order valence-corrected chi connectivity index (χ1v) is 12.1. The van der Waals surface area contributed by atoms with Gasteiger partial charge in [-0.3, -0.25) is 4.79 Å². The summed E-state index contributed by atoms with van der Waals surface area (Å²) in [6.07, 6.45) is 9.82. The molecule has 0 bridgehead atoms. The van der Waals surface area contributed by atoms with Crippen LogP contribution >= 0.6 is 0 Å². The normalized spacial score (nSPS) is 21.1. The van der Waals surface area contributed by atoms with E-state index in [0.717, 1.165) is 43.1 Å². The molecule has 3 fully saturated rings. The molecule has 0 unspecified atom stereocenters. The number of piperidine rings is 1. The van der Waals surface area contributed by atoms with Gasteiger partial charge in [-0.1, -0.05) is 25.0 Å². The number of rotatable bonds is 5. The van der Waals surface area contributed by atoms with E-state index in [9.17, 15) is 4.79 Å². The second-order valence-corrected chi connectivity index (χ2v) is 9.16. The van der Waals surface area contributed by atoms with E-state index in [0.29, 0.717) is 37.7 Å². The van der Waals surface area contributed by atoms with Crippen LogP contribution in [0, 0.1) is 0 Å². The molecule has 6 nitrogen and oxygen atoms in total. The lowest BCUT2D eigenvalue weighted by Crippen LogP contribution is -2.43. The van der Waals surface area contributed by atoms with Gasteiger partial charge in [-0.25, -0.2) is 4.98 Å². The zero-order valence-electron chi connectivity index (χ0n) is 18.7. The zero-order chi connectivity index (χ0) is 21.8. The molecule has 1 aliphatic carbocycles. The minimum atomic E-state index is 0.0701. The lowest BCUT2D eigenvalue weighted by Gasteiger charge is -2.35. The largest absolute Gasteiger partial charge is 0.474 e. The molecule has 32 heavy (non-hydrogen) atoms. The standard InChI is InChI=1S/C26H33N3O3/c30-26(29-15-17-31-18-16-29)21-7-5-20(6-8-21)22-9-10-25(27-19-22)32-24-11-13-28(14-12-24)23-3-1-2-4-23/h5-10,19,23-24H,1-4,11-18H2. The fourth-order valence-corrected chi connectivity index (χ4v) is 5.17. The predicted octanol–water partition coefficient (Wildman–Crippen LogP) is 4.01. The molecule has 2 aromatic rings. The number of hydrogen-bond acceptors (Lipinski definition) is 5. The van der Waals surface area contributed by atoms with E-state index >= 15 is 0 Å². The van der Waals surface area contributed by atoms with Gasteiger partial charge < -0.3 is 19.3 Å². The van der Waals surface area contributed by atoms with E-state index in [4.69, 9.17) is 9.47 Å². The van der Waals surface area contributed by atoms with Crippen molar-refractivity contribution in [1.82, 2.24) is 14.8 Å². The summed E-state index contributed by atoms with van der Waals surface area (Å²) in [6.45, 7) is 4.83. The molecule has 2 saturated heterocycles. The Kier molecular flexibility index (Phi) is 6.69. The SMILES string of the molecule is O=C(c1ccc(-c2ccc(OC3CCN(C4CCCC4)CC3)nc2)cc1)N1CCOCC1. The number of aromatic nitrogens is 1. The number of benzene rings is 1. The van der Waals surface area contributed by atoms with E-state index in [1.165, 1.54) is 25.7 Å². The fraction of sp³-hybridized carbons (Fsp3) is 0.538. The van der Waals surface area contributed by atoms with Crippen molar-refractivity contribution in [3.8, 4) is 17.0 Å². The molecular formula is C26H33N3O3. The number of amides is 1. The van der Waals surface area contributed by atoms with Gasteiger partial charge in [-0.2, -0.15) is 0 Å². The first-order valence-electron chi connectivity index (χ1n) is 12.1. The topological polar surface area (TPSA) is 54.9 Å². The van der Waals surface area contributed by atoms with Crippen molar-refractivity contribution in [1.29, 1.82) is 0 Å². The van der Waals surface area contributed by atoms with E-state index in [-0.39, 0.29) is 12.0 Å². The average molecular weight is 436 g/mol. The van der Waals surface area contributed by atoms with Gasteiger partial charge in [0.25, 0.3) is 5.91 Å². The zero-order valence-corrected chi connectivity index (χ0v) is 18.7. The Bertz CT molecular complexity index is 880. The highest BCUT2D eigenvalue weighted by Gasteiger charge is 2.28. The number of carbonyl (C=O) groups is 1. The van der Waals surface area contributed by atoms with Gasteiger partial charge in [-0.15, -0.1) is 0 Å². The van der Waals surface area contributed by atoms with Crippen molar-refractivity contribution in [3.63, 3.8) is 0 Å². The van der Waals surface area contributed by atoms with Crippen LogP contribution < -0.4 is 4.74 Å². The number of pyridine rings is 1. The number of likely N-dealkylation sites (tertiary alicyclic amines) is 1.